The van der Waals surface area contributed by atoms with Crippen LogP contribution < -0.4 is 5.32 Å². The predicted octanol–water partition coefficient (Wildman–Crippen LogP) is 4.28. The van der Waals surface area contributed by atoms with Gasteiger partial charge in [-0.05, 0) is 43.3 Å². The van der Waals surface area contributed by atoms with E-state index >= 15 is 0 Å². The Morgan fingerprint density at radius 2 is 1.54 bits per heavy atom. The van der Waals surface area contributed by atoms with Crippen molar-refractivity contribution in [3.63, 3.8) is 0 Å². The normalized spacial score (nSPS) is 11.8. The number of rotatable bonds is 7. The van der Waals surface area contributed by atoms with Crippen molar-refractivity contribution in [2.24, 2.45) is 0 Å². The van der Waals surface area contributed by atoms with Crippen LogP contribution >= 0.6 is 11.6 Å². The first-order valence-corrected chi connectivity index (χ1v) is 13.8. The number of carbonyl (C=O) groups is 1. The molecule has 0 aliphatic heterocycles. The first-order valence-electron chi connectivity index (χ1n) is 10.3. The van der Waals surface area contributed by atoms with Gasteiger partial charge in [-0.2, -0.15) is 0 Å². The highest BCUT2D eigenvalue weighted by atomic mass is 35.5. The lowest BCUT2D eigenvalue weighted by atomic mass is 10.2. The number of hydrogen-bond acceptors (Lipinski definition) is 6. The fourth-order valence-electron chi connectivity index (χ4n) is 3.27. The Labute approximate surface area is 207 Å². The number of aromatic amines is 1. The number of sulfone groups is 2. The first kappa shape index (κ1) is 24.6. The van der Waals surface area contributed by atoms with Crippen molar-refractivity contribution < 1.29 is 21.6 Å². The second kappa shape index (κ2) is 9.65. The molecule has 11 heteroatoms. The van der Waals surface area contributed by atoms with Crippen molar-refractivity contribution in [3.05, 3.63) is 89.4 Å². The van der Waals surface area contributed by atoms with Crippen molar-refractivity contribution in [3.8, 4) is 11.4 Å². The lowest BCUT2D eigenvalue weighted by molar-refractivity contribution is -0.113. The summed E-state index contributed by atoms with van der Waals surface area (Å²) in [7, 11) is -8.76. The van der Waals surface area contributed by atoms with Crippen LogP contribution in [0, 0.1) is 6.92 Å². The van der Waals surface area contributed by atoms with Crippen molar-refractivity contribution in [2.75, 3.05) is 11.1 Å². The van der Waals surface area contributed by atoms with Gasteiger partial charge in [0, 0.05) is 16.3 Å². The molecule has 0 atom stereocenters. The van der Waals surface area contributed by atoms with Gasteiger partial charge in [-0.1, -0.05) is 59.6 Å². The molecule has 0 saturated heterocycles. The van der Waals surface area contributed by atoms with Crippen LogP contribution in [0.1, 0.15) is 5.56 Å². The van der Waals surface area contributed by atoms with Gasteiger partial charge >= 0.3 is 0 Å². The molecule has 4 rings (SSSR count). The second-order valence-electron chi connectivity index (χ2n) is 7.72. The summed E-state index contributed by atoms with van der Waals surface area (Å²) in [5.41, 5.74) is 1.67. The standard InChI is InChI=1S/C24H20ClN3O5S2/c1-16-7-13-20(14-8-16)35(32,33)24-23(27-22(28-24)17-5-3-2-4-6-17)34(30,31)15-21(29)26-19-11-9-18(25)10-12-19/h2-14H,15H2,1H3,(H,26,29)(H,27,28). The van der Waals surface area contributed by atoms with Gasteiger partial charge in [0.05, 0.1) is 4.90 Å². The Morgan fingerprint density at radius 3 is 2.17 bits per heavy atom. The molecule has 180 valence electrons. The number of imidazole rings is 1. The molecule has 1 amide bonds. The molecule has 0 radical (unpaired) electrons. The third-order valence-electron chi connectivity index (χ3n) is 5.03. The monoisotopic (exact) mass is 529 g/mol. The van der Waals surface area contributed by atoms with Crippen LogP contribution in [0.3, 0.4) is 0 Å². The van der Waals surface area contributed by atoms with Crippen LogP contribution in [0.2, 0.25) is 5.02 Å². The van der Waals surface area contributed by atoms with Gasteiger partial charge in [-0.15, -0.1) is 0 Å². The fraction of sp³-hybridized carbons (Fsp3) is 0.0833. The highest BCUT2D eigenvalue weighted by Crippen LogP contribution is 2.30. The van der Waals surface area contributed by atoms with E-state index in [4.69, 9.17) is 11.6 Å². The van der Waals surface area contributed by atoms with Crippen LogP contribution in [0.4, 0.5) is 5.69 Å². The molecule has 1 aromatic heterocycles. The summed E-state index contributed by atoms with van der Waals surface area (Å²) in [5.74, 6) is -1.81. The van der Waals surface area contributed by atoms with E-state index in [1.165, 1.54) is 36.4 Å². The molecular weight excluding hydrogens is 510 g/mol. The molecular formula is C24H20ClN3O5S2. The van der Waals surface area contributed by atoms with E-state index in [1.54, 1.807) is 49.4 Å². The zero-order valence-corrected chi connectivity index (χ0v) is 20.8. The summed E-state index contributed by atoms with van der Waals surface area (Å²) in [6, 6.07) is 20.6. The van der Waals surface area contributed by atoms with Gasteiger partial charge in [0.2, 0.25) is 25.6 Å². The number of aryl methyl sites for hydroxylation is 1. The predicted molar refractivity (Wildman–Crippen MR) is 133 cm³/mol. The fourth-order valence-corrected chi connectivity index (χ4v) is 6.46. The summed E-state index contributed by atoms with van der Waals surface area (Å²) >= 11 is 5.83. The van der Waals surface area contributed by atoms with Gasteiger partial charge in [0.15, 0.2) is 10.1 Å². The number of hydrogen-bond donors (Lipinski definition) is 2. The minimum absolute atomic E-state index is 0.0490. The summed E-state index contributed by atoms with van der Waals surface area (Å²) in [5, 5.41) is 1.60. The minimum atomic E-state index is -4.46. The van der Waals surface area contributed by atoms with E-state index in [1.807, 2.05) is 0 Å². The number of aromatic nitrogens is 2. The van der Waals surface area contributed by atoms with Gasteiger partial charge < -0.3 is 10.3 Å². The number of amides is 1. The topological polar surface area (TPSA) is 126 Å². The van der Waals surface area contributed by atoms with E-state index in [-0.39, 0.29) is 10.7 Å². The number of anilines is 1. The van der Waals surface area contributed by atoms with E-state index in [0.29, 0.717) is 16.3 Å². The molecule has 0 saturated carbocycles. The molecule has 0 fully saturated rings. The molecule has 2 N–H and O–H groups in total. The molecule has 4 aromatic rings. The molecule has 3 aromatic carbocycles. The number of benzene rings is 3. The minimum Gasteiger partial charge on any atom is -0.328 e. The number of halogens is 1. The Balaban J connectivity index is 1.76. The average Bonchev–Trinajstić information content (AvgIpc) is 3.29. The SMILES string of the molecule is Cc1ccc(S(=O)(=O)c2[nH]c(-c3ccccc3)nc2S(=O)(=O)CC(=O)Nc2ccc(Cl)cc2)cc1. The number of H-pyrrole nitrogens is 1. The Hall–Kier alpha value is -3.47. The maximum Gasteiger partial charge on any atom is 0.240 e. The summed E-state index contributed by atoms with van der Waals surface area (Å²) < 4.78 is 53.3. The van der Waals surface area contributed by atoms with E-state index < -0.39 is 41.4 Å². The lowest BCUT2D eigenvalue weighted by Gasteiger charge is -2.08. The van der Waals surface area contributed by atoms with Crippen LogP contribution in [0.15, 0.2) is 93.8 Å². The van der Waals surface area contributed by atoms with E-state index in [9.17, 15) is 21.6 Å². The van der Waals surface area contributed by atoms with Gasteiger partial charge in [0.25, 0.3) is 0 Å². The van der Waals surface area contributed by atoms with Crippen LogP contribution in [0.25, 0.3) is 11.4 Å². The Kier molecular flexibility index (Phi) is 6.79. The third-order valence-corrected chi connectivity index (χ3v) is 8.66. The van der Waals surface area contributed by atoms with Gasteiger partial charge in [-0.3, -0.25) is 4.79 Å². The van der Waals surface area contributed by atoms with Crippen molar-refractivity contribution in [1.82, 2.24) is 9.97 Å². The maximum atomic E-state index is 13.4. The van der Waals surface area contributed by atoms with Crippen LogP contribution in [-0.4, -0.2) is 38.5 Å². The van der Waals surface area contributed by atoms with E-state index in [0.717, 1.165) is 5.56 Å². The quantitative estimate of drug-likeness (QED) is 0.368. The van der Waals surface area contributed by atoms with Crippen molar-refractivity contribution >= 4 is 42.9 Å². The third kappa shape index (κ3) is 5.45. The molecule has 0 unspecified atom stereocenters. The average molecular weight is 530 g/mol. The van der Waals surface area contributed by atoms with Crippen molar-refractivity contribution in [1.29, 1.82) is 0 Å². The molecule has 8 nitrogen and oxygen atoms in total. The molecule has 1 heterocycles. The first-order chi connectivity index (χ1) is 16.6. The molecule has 0 spiro atoms. The summed E-state index contributed by atoms with van der Waals surface area (Å²) in [4.78, 5) is 19.2. The lowest BCUT2D eigenvalue weighted by Crippen LogP contribution is -2.24. The summed E-state index contributed by atoms with van der Waals surface area (Å²) in [6.07, 6.45) is 0. The van der Waals surface area contributed by atoms with Gasteiger partial charge in [0.1, 0.15) is 11.6 Å². The summed E-state index contributed by atoms with van der Waals surface area (Å²) in [6.45, 7) is 1.80. The van der Waals surface area contributed by atoms with Crippen LogP contribution in [0.5, 0.6) is 0 Å². The molecule has 35 heavy (non-hydrogen) atoms. The molecule has 0 aliphatic carbocycles. The molecule has 0 aliphatic rings. The van der Waals surface area contributed by atoms with Crippen molar-refractivity contribution in [2.45, 2.75) is 21.9 Å². The maximum absolute atomic E-state index is 13.4. The number of nitrogens with zero attached hydrogens (tertiary/aromatic N) is 1. The zero-order valence-electron chi connectivity index (χ0n) is 18.4. The Morgan fingerprint density at radius 1 is 0.914 bits per heavy atom. The van der Waals surface area contributed by atoms with E-state index in [2.05, 4.69) is 15.3 Å². The smallest absolute Gasteiger partial charge is 0.240 e. The largest absolute Gasteiger partial charge is 0.328 e. The number of carbonyl (C=O) groups excluding carboxylic acids is 1. The zero-order chi connectivity index (χ0) is 25.2. The van der Waals surface area contributed by atoms with Crippen LogP contribution in [-0.2, 0) is 24.5 Å². The Bertz CT molecular complexity index is 1580. The number of nitrogens with one attached hydrogen (secondary N) is 2. The highest BCUT2D eigenvalue weighted by Gasteiger charge is 2.34. The highest BCUT2D eigenvalue weighted by molar-refractivity contribution is 7.94. The molecule has 0 bridgehead atoms. The van der Waals surface area contributed by atoms with Gasteiger partial charge in [-0.25, -0.2) is 21.8 Å². The second-order valence-corrected chi connectivity index (χ2v) is 11.9.